The minimum absolute atomic E-state index is 0.260. The second-order valence-electron chi connectivity index (χ2n) is 5.73. The van der Waals surface area contributed by atoms with Gasteiger partial charge in [-0.05, 0) is 25.2 Å². The van der Waals surface area contributed by atoms with Gasteiger partial charge in [-0.1, -0.05) is 45.3 Å². The molecule has 0 aromatic rings. The van der Waals surface area contributed by atoms with Crippen molar-refractivity contribution < 1.29 is 19.1 Å². The van der Waals surface area contributed by atoms with Gasteiger partial charge in [-0.3, -0.25) is 9.59 Å². The van der Waals surface area contributed by atoms with Crippen molar-refractivity contribution in [2.45, 2.75) is 52.4 Å². The van der Waals surface area contributed by atoms with Gasteiger partial charge in [0.25, 0.3) is 0 Å². The van der Waals surface area contributed by atoms with Crippen LogP contribution in [-0.2, 0) is 19.1 Å². The van der Waals surface area contributed by atoms with Crippen LogP contribution in [0.1, 0.15) is 52.4 Å². The summed E-state index contributed by atoms with van der Waals surface area (Å²) in [5.74, 6) is -0.956. The topological polar surface area (TPSA) is 52.6 Å². The monoisotopic (exact) mass is 296 g/mol. The molecule has 1 rings (SSSR count). The van der Waals surface area contributed by atoms with Gasteiger partial charge in [0.05, 0.1) is 25.6 Å². The maximum atomic E-state index is 12.3. The number of rotatable bonds is 8. The number of unbranched alkanes of at least 4 members (excludes halogenated alkanes) is 1. The lowest BCUT2D eigenvalue weighted by Gasteiger charge is -2.25. The molecule has 0 saturated carbocycles. The molecule has 0 saturated heterocycles. The van der Waals surface area contributed by atoms with E-state index in [9.17, 15) is 9.59 Å². The van der Waals surface area contributed by atoms with E-state index in [1.807, 2.05) is 12.2 Å². The quantitative estimate of drug-likeness (QED) is 0.508. The lowest BCUT2D eigenvalue weighted by atomic mass is 9.83. The van der Waals surface area contributed by atoms with E-state index in [2.05, 4.69) is 13.8 Å². The summed E-state index contributed by atoms with van der Waals surface area (Å²) in [5.41, 5.74) is 0. The van der Waals surface area contributed by atoms with Gasteiger partial charge in [0.2, 0.25) is 0 Å². The van der Waals surface area contributed by atoms with E-state index in [4.69, 9.17) is 9.47 Å². The third-order valence-electron chi connectivity index (χ3n) is 4.24. The zero-order chi connectivity index (χ0) is 15.7. The first-order valence-corrected chi connectivity index (χ1v) is 8.03. The Balaban J connectivity index is 2.52. The predicted octanol–water partition coefficient (Wildman–Crippen LogP) is 3.50. The summed E-state index contributed by atoms with van der Waals surface area (Å²) >= 11 is 0. The lowest BCUT2D eigenvalue weighted by Crippen LogP contribution is -2.34. The summed E-state index contributed by atoms with van der Waals surface area (Å²) in [5, 5.41) is 0. The van der Waals surface area contributed by atoms with Crippen LogP contribution in [0.2, 0.25) is 0 Å². The van der Waals surface area contributed by atoms with Gasteiger partial charge in [-0.25, -0.2) is 0 Å². The fraction of sp³-hybridized carbons (Fsp3) is 0.765. The van der Waals surface area contributed by atoms with Crippen molar-refractivity contribution in [3.63, 3.8) is 0 Å². The molecule has 0 amide bonds. The van der Waals surface area contributed by atoms with E-state index >= 15 is 0 Å². The molecule has 0 heterocycles. The molecule has 0 fully saturated rings. The molecule has 120 valence electrons. The highest BCUT2D eigenvalue weighted by atomic mass is 16.5. The summed E-state index contributed by atoms with van der Waals surface area (Å²) in [4.78, 5) is 24.0. The van der Waals surface area contributed by atoms with Crippen LogP contribution in [0.4, 0.5) is 0 Å². The van der Waals surface area contributed by atoms with Crippen molar-refractivity contribution in [1.82, 2.24) is 0 Å². The average molecular weight is 296 g/mol. The first-order chi connectivity index (χ1) is 10.1. The highest BCUT2D eigenvalue weighted by Gasteiger charge is 2.36. The molecule has 0 bridgehead atoms. The Labute approximate surface area is 127 Å². The Hall–Kier alpha value is -1.32. The van der Waals surface area contributed by atoms with Gasteiger partial charge >= 0.3 is 11.9 Å². The Morgan fingerprint density at radius 1 is 1.14 bits per heavy atom. The van der Waals surface area contributed by atoms with E-state index in [-0.39, 0.29) is 11.9 Å². The molecule has 0 aliphatic heterocycles. The SMILES string of the molecule is CCCCC(CC)COC(=O)C1CC=CCC1C(=O)OC. The van der Waals surface area contributed by atoms with E-state index in [1.165, 1.54) is 7.11 Å². The van der Waals surface area contributed by atoms with E-state index in [1.54, 1.807) is 0 Å². The van der Waals surface area contributed by atoms with Crippen LogP contribution in [0.3, 0.4) is 0 Å². The summed E-state index contributed by atoms with van der Waals surface area (Å²) in [6.07, 6.45) is 9.41. The van der Waals surface area contributed by atoms with Crippen LogP contribution >= 0.6 is 0 Å². The molecule has 0 spiro atoms. The summed E-state index contributed by atoms with van der Waals surface area (Å²) < 4.78 is 10.3. The number of methoxy groups -OCH3 is 1. The zero-order valence-electron chi connectivity index (χ0n) is 13.5. The van der Waals surface area contributed by atoms with Crippen molar-refractivity contribution in [3.05, 3.63) is 12.2 Å². The fourth-order valence-corrected chi connectivity index (χ4v) is 2.69. The maximum absolute atomic E-state index is 12.3. The van der Waals surface area contributed by atoms with Crippen molar-refractivity contribution in [3.8, 4) is 0 Å². The molecule has 0 radical (unpaired) electrons. The standard InChI is InChI=1S/C17H28O4/c1-4-6-9-13(5-2)12-21-17(19)15-11-8-7-10-14(15)16(18)20-3/h7-8,13-15H,4-6,9-12H2,1-3H3. The number of ether oxygens (including phenoxy) is 2. The van der Waals surface area contributed by atoms with Crippen LogP contribution in [0.25, 0.3) is 0 Å². The van der Waals surface area contributed by atoms with Crippen LogP contribution in [0, 0.1) is 17.8 Å². The molecule has 0 N–H and O–H groups in total. The molecule has 1 aliphatic rings. The number of esters is 2. The Bertz CT molecular complexity index is 362. The molecular formula is C17H28O4. The zero-order valence-corrected chi connectivity index (χ0v) is 13.5. The number of carbonyl (C=O) groups excluding carboxylic acids is 2. The molecule has 0 aromatic heterocycles. The second kappa shape index (κ2) is 9.59. The first-order valence-electron chi connectivity index (χ1n) is 8.03. The second-order valence-corrected chi connectivity index (χ2v) is 5.73. The summed E-state index contributed by atoms with van der Waals surface area (Å²) in [6, 6.07) is 0. The molecule has 1 aliphatic carbocycles. The number of hydrogen-bond acceptors (Lipinski definition) is 4. The third kappa shape index (κ3) is 5.52. The minimum Gasteiger partial charge on any atom is -0.469 e. The predicted molar refractivity (Wildman–Crippen MR) is 81.6 cm³/mol. The van der Waals surface area contributed by atoms with Gasteiger partial charge in [0, 0.05) is 0 Å². The van der Waals surface area contributed by atoms with Crippen molar-refractivity contribution in [1.29, 1.82) is 0 Å². The average Bonchev–Trinajstić information content (AvgIpc) is 2.54. The normalized spacial score (nSPS) is 22.6. The number of allylic oxidation sites excluding steroid dienone is 2. The highest BCUT2D eigenvalue weighted by Crippen LogP contribution is 2.28. The van der Waals surface area contributed by atoms with Gasteiger partial charge < -0.3 is 9.47 Å². The Morgan fingerprint density at radius 2 is 1.76 bits per heavy atom. The molecule has 3 atom stereocenters. The number of carbonyl (C=O) groups is 2. The van der Waals surface area contributed by atoms with Crippen LogP contribution in [-0.4, -0.2) is 25.7 Å². The van der Waals surface area contributed by atoms with Crippen LogP contribution < -0.4 is 0 Å². The van der Waals surface area contributed by atoms with Gasteiger partial charge in [0.15, 0.2) is 0 Å². The molecule has 4 nitrogen and oxygen atoms in total. The van der Waals surface area contributed by atoms with Crippen LogP contribution in [0.15, 0.2) is 12.2 Å². The van der Waals surface area contributed by atoms with Crippen molar-refractivity contribution in [2.75, 3.05) is 13.7 Å². The molecule has 0 aromatic carbocycles. The van der Waals surface area contributed by atoms with Crippen LogP contribution in [0.5, 0.6) is 0 Å². The molecule has 21 heavy (non-hydrogen) atoms. The lowest BCUT2D eigenvalue weighted by molar-refractivity contribution is -0.160. The maximum Gasteiger partial charge on any atom is 0.310 e. The smallest absolute Gasteiger partial charge is 0.310 e. The fourth-order valence-electron chi connectivity index (χ4n) is 2.69. The Morgan fingerprint density at radius 3 is 2.29 bits per heavy atom. The largest absolute Gasteiger partial charge is 0.469 e. The molecular weight excluding hydrogens is 268 g/mol. The van der Waals surface area contributed by atoms with Crippen molar-refractivity contribution >= 4 is 11.9 Å². The number of hydrogen-bond donors (Lipinski definition) is 0. The highest BCUT2D eigenvalue weighted by molar-refractivity contribution is 5.82. The van der Waals surface area contributed by atoms with Gasteiger partial charge in [0.1, 0.15) is 0 Å². The summed E-state index contributed by atoms with van der Waals surface area (Å²) in [7, 11) is 1.36. The molecule has 4 heteroatoms. The first kappa shape index (κ1) is 17.7. The Kier molecular flexibility index (Phi) is 8.09. The summed E-state index contributed by atoms with van der Waals surface area (Å²) in [6.45, 7) is 4.74. The van der Waals surface area contributed by atoms with Crippen molar-refractivity contribution in [2.24, 2.45) is 17.8 Å². The third-order valence-corrected chi connectivity index (χ3v) is 4.24. The molecule has 3 unspecified atom stereocenters. The van der Waals surface area contributed by atoms with E-state index in [0.29, 0.717) is 25.4 Å². The minimum atomic E-state index is -0.400. The van der Waals surface area contributed by atoms with Gasteiger partial charge in [-0.2, -0.15) is 0 Å². The van der Waals surface area contributed by atoms with E-state index in [0.717, 1.165) is 25.7 Å². The van der Waals surface area contributed by atoms with Gasteiger partial charge in [-0.15, -0.1) is 0 Å². The van der Waals surface area contributed by atoms with E-state index < -0.39 is 11.8 Å².